The summed E-state index contributed by atoms with van der Waals surface area (Å²) in [6.45, 7) is 3.20. The van der Waals surface area contributed by atoms with Crippen molar-refractivity contribution in [2.45, 2.75) is 26.2 Å². The first-order valence-electron chi connectivity index (χ1n) is 6.40. The lowest BCUT2D eigenvalue weighted by Crippen LogP contribution is -2.35. The van der Waals surface area contributed by atoms with Gasteiger partial charge in [-0.05, 0) is 24.1 Å². The maximum absolute atomic E-state index is 12.1. The van der Waals surface area contributed by atoms with Gasteiger partial charge in [0.05, 0.1) is 13.0 Å². The number of carbonyl (C=O) groups excluding carboxylic acids is 1. The van der Waals surface area contributed by atoms with E-state index in [4.69, 9.17) is 10.8 Å². The largest absolute Gasteiger partial charge is 0.399 e. The van der Waals surface area contributed by atoms with Gasteiger partial charge >= 0.3 is 0 Å². The third-order valence-electron chi connectivity index (χ3n) is 2.81. The van der Waals surface area contributed by atoms with Crippen molar-refractivity contribution >= 4 is 11.6 Å². The van der Waals surface area contributed by atoms with Gasteiger partial charge in [0.15, 0.2) is 0 Å². The van der Waals surface area contributed by atoms with Crippen LogP contribution in [0.2, 0.25) is 0 Å². The number of unbranched alkanes of at least 4 members (excludes halogenated alkanes) is 1. The minimum Gasteiger partial charge on any atom is -0.399 e. The monoisotopic (exact) mass is 250 g/mol. The van der Waals surface area contributed by atoms with Gasteiger partial charge in [0.1, 0.15) is 0 Å². The molecular formula is C14H22N2O2. The molecule has 1 aromatic rings. The van der Waals surface area contributed by atoms with E-state index < -0.39 is 0 Å². The Morgan fingerprint density at radius 3 is 2.78 bits per heavy atom. The second-order valence-electron chi connectivity index (χ2n) is 4.38. The van der Waals surface area contributed by atoms with Crippen molar-refractivity contribution in [3.8, 4) is 0 Å². The molecule has 1 rings (SSSR count). The number of benzene rings is 1. The minimum atomic E-state index is 0.00633. The molecule has 100 valence electrons. The van der Waals surface area contributed by atoms with Gasteiger partial charge in [-0.1, -0.05) is 25.5 Å². The van der Waals surface area contributed by atoms with Crippen LogP contribution in [0.25, 0.3) is 0 Å². The Balaban J connectivity index is 2.60. The van der Waals surface area contributed by atoms with Crippen LogP contribution in [0.1, 0.15) is 25.3 Å². The first-order chi connectivity index (χ1) is 8.67. The van der Waals surface area contributed by atoms with Crippen molar-refractivity contribution in [3.05, 3.63) is 29.8 Å². The van der Waals surface area contributed by atoms with Gasteiger partial charge in [-0.25, -0.2) is 0 Å². The smallest absolute Gasteiger partial charge is 0.227 e. The van der Waals surface area contributed by atoms with E-state index in [9.17, 15) is 4.79 Å². The van der Waals surface area contributed by atoms with Crippen molar-refractivity contribution in [2.24, 2.45) is 0 Å². The van der Waals surface area contributed by atoms with Crippen LogP contribution in [-0.4, -0.2) is 35.6 Å². The van der Waals surface area contributed by atoms with E-state index in [-0.39, 0.29) is 12.5 Å². The normalized spacial score (nSPS) is 10.3. The second-order valence-corrected chi connectivity index (χ2v) is 4.38. The Hall–Kier alpha value is -1.55. The number of nitrogen functional groups attached to an aromatic ring is 1. The van der Waals surface area contributed by atoms with Crippen LogP contribution in [0.3, 0.4) is 0 Å². The Labute approximate surface area is 108 Å². The van der Waals surface area contributed by atoms with Gasteiger partial charge in [-0.3, -0.25) is 4.79 Å². The lowest BCUT2D eigenvalue weighted by atomic mass is 10.1. The van der Waals surface area contributed by atoms with Gasteiger partial charge in [-0.15, -0.1) is 0 Å². The molecule has 0 saturated heterocycles. The number of hydrogen-bond acceptors (Lipinski definition) is 3. The summed E-state index contributed by atoms with van der Waals surface area (Å²) in [5, 5.41) is 8.98. The molecule has 1 aromatic carbocycles. The zero-order valence-corrected chi connectivity index (χ0v) is 10.9. The first-order valence-corrected chi connectivity index (χ1v) is 6.40. The molecular weight excluding hydrogens is 228 g/mol. The fourth-order valence-corrected chi connectivity index (χ4v) is 1.82. The number of hydrogen-bond donors (Lipinski definition) is 2. The summed E-state index contributed by atoms with van der Waals surface area (Å²) < 4.78 is 0. The van der Waals surface area contributed by atoms with Crippen LogP contribution in [0.4, 0.5) is 5.69 Å². The fourth-order valence-electron chi connectivity index (χ4n) is 1.82. The molecule has 0 saturated carbocycles. The average molecular weight is 250 g/mol. The number of amides is 1. The summed E-state index contributed by atoms with van der Waals surface area (Å²) in [6.07, 6.45) is 2.34. The van der Waals surface area contributed by atoms with Crippen molar-refractivity contribution in [1.82, 2.24) is 4.90 Å². The molecule has 0 aliphatic carbocycles. The van der Waals surface area contributed by atoms with Gasteiger partial charge in [0, 0.05) is 18.8 Å². The highest BCUT2D eigenvalue weighted by atomic mass is 16.3. The lowest BCUT2D eigenvalue weighted by Gasteiger charge is -2.21. The number of nitrogens with zero attached hydrogens (tertiary/aromatic N) is 1. The minimum absolute atomic E-state index is 0.00633. The van der Waals surface area contributed by atoms with Gasteiger partial charge in [-0.2, -0.15) is 0 Å². The van der Waals surface area contributed by atoms with E-state index in [1.165, 1.54) is 0 Å². The van der Waals surface area contributed by atoms with Crippen LogP contribution in [-0.2, 0) is 11.2 Å². The average Bonchev–Trinajstić information content (AvgIpc) is 2.34. The topological polar surface area (TPSA) is 66.6 Å². The maximum Gasteiger partial charge on any atom is 0.227 e. The molecule has 0 unspecified atom stereocenters. The molecule has 0 bridgehead atoms. The van der Waals surface area contributed by atoms with Crippen LogP contribution in [0.5, 0.6) is 0 Å². The van der Waals surface area contributed by atoms with Crippen LogP contribution in [0, 0.1) is 0 Å². The molecule has 0 radical (unpaired) electrons. The number of rotatable bonds is 7. The zero-order chi connectivity index (χ0) is 13.4. The number of nitrogens with two attached hydrogens (primary N) is 1. The highest BCUT2D eigenvalue weighted by Gasteiger charge is 2.12. The highest BCUT2D eigenvalue weighted by Crippen LogP contribution is 2.09. The number of aliphatic hydroxyl groups excluding tert-OH is 1. The van der Waals surface area contributed by atoms with Gasteiger partial charge < -0.3 is 15.7 Å². The third-order valence-corrected chi connectivity index (χ3v) is 2.81. The Morgan fingerprint density at radius 2 is 2.17 bits per heavy atom. The molecule has 3 N–H and O–H groups in total. The second kappa shape index (κ2) is 7.71. The van der Waals surface area contributed by atoms with Crippen molar-refractivity contribution in [3.63, 3.8) is 0 Å². The number of aliphatic hydroxyl groups is 1. The molecule has 0 spiro atoms. The van der Waals surface area contributed by atoms with E-state index in [1.54, 1.807) is 11.0 Å². The molecule has 1 amide bonds. The third kappa shape index (κ3) is 4.75. The predicted octanol–water partition coefficient (Wildman–Crippen LogP) is 1.43. The van der Waals surface area contributed by atoms with E-state index in [1.807, 2.05) is 18.2 Å². The molecule has 0 aliphatic rings. The summed E-state index contributed by atoms with van der Waals surface area (Å²) in [4.78, 5) is 13.8. The van der Waals surface area contributed by atoms with E-state index >= 15 is 0 Å². The van der Waals surface area contributed by atoms with Gasteiger partial charge in [0.25, 0.3) is 0 Å². The molecule has 0 aliphatic heterocycles. The quantitative estimate of drug-likeness (QED) is 0.719. The molecule has 4 nitrogen and oxygen atoms in total. The standard InChI is InChI=1S/C14H22N2O2/c1-2-3-7-16(8-9-17)14(18)11-12-5-4-6-13(15)10-12/h4-6,10,17H,2-3,7-9,11,15H2,1H3. The summed E-state index contributed by atoms with van der Waals surface area (Å²) >= 11 is 0. The lowest BCUT2D eigenvalue weighted by molar-refractivity contribution is -0.131. The first kappa shape index (κ1) is 14.5. The van der Waals surface area contributed by atoms with Crippen LogP contribution >= 0.6 is 0 Å². The van der Waals surface area contributed by atoms with Crippen molar-refractivity contribution in [2.75, 3.05) is 25.4 Å². The highest BCUT2D eigenvalue weighted by molar-refractivity contribution is 5.79. The molecule has 0 atom stereocenters. The maximum atomic E-state index is 12.1. The SMILES string of the molecule is CCCCN(CCO)C(=O)Cc1cccc(N)c1. The predicted molar refractivity (Wildman–Crippen MR) is 73.1 cm³/mol. The van der Waals surface area contributed by atoms with E-state index in [0.29, 0.717) is 25.2 Å². The van der Waals surface area contributed by atoms with E-state index in [0.717, 1.165) is 18.4 Å². The molecule has 18 heavy (non-hydrogen) atoms. The summed E-state index contributed by atoms with van der Waals surface area (Å²) in [6, 6.07) is 7.36. The van der Waals surface area contributed by atoms with Crippen molar-refractivity contribution < 1.29 is 9.90 Å². The summed E-state index contributed by atoms with van der Waals surface area (Å²) in [5.74, 6) is 0.0445. The molecule has 0 fully saturated rings. The summed E-state index contributed by atoms with van der Waals surface area (Å²) in [5.41, 5.74) is 7.27. The molecule has 4 heteroatoms. The van der Waals surface area contributed by atoms with Gasteiger partial charge in [0.2, 0.25) is 5.91 Å². The summed E-state index contributed by atoms with van der Waals surface area (Å²) in [7, 11) is 0. The molecule has 0 heterocycles. The Kier molecular flexibility index (Phi) is 6.22. The Morgan fingerprint density at radius 1 is 1.39 bits per heavy atom. The van der Waals surface area contributed by atoms with Crippen LogP contribution in [0.15, 0.2) is 24.3 Å². The van der Waals surface area contributed by atoms with Crippen molar-refractivity contribution in [1.29, 1.82) is 0 Å². The fraction of sp³-hybridized carbons (Fsp3) is 0.500. The van der Waals surface area contributed by atoms with Crippen LogP contribution < -0.4 is 5.73 Å². The number of anilines is 1. The molecule has 0 aromatic heterocycles. The Bertz CT molecular complexity index is 380. The number of carbonyl (C=O) groups is 1. The zero-order valence-electron chi connectivity index (χ0n) is 10.9. The van der Waals surface area contributed by atoms with E-state index in [2.05, 4.69) is 6.92 Å².